The van der Waals surface area contributed by atoms with Crippen molar-refractivity contribution in [2.24, 2.45) is 0 Å². The zero-order valence-corrected chi connectivity index (χ0v) is 11.9. The van der Waals surface area contributed by atoms with E-state index in [1.807, 2.05) is 4.72 Å². The van der Waals surface area contributed by atoms with Crippen LogP contribution in [-0.4, -0.2) is 43.5 Å². The van der Waals surface area contributed by atoms with Crippen molar-refractivity contribution in [2.45, 2.75) is 12.2 Å². The average Bonchev–Trinajstić information content (AvgIpc) is 2.86. The molecule has 2 N–H and O–H groups in total. The van der Waals surface area contributed by atoms with Gasteiger partial charge < -0.3 is 4.74 Å². The number of amides is 1. The monoisotopic (exact) mass is 297 g/mol. The minimum Gasteiger partial charge on any atom is -0.383 e. The van der Waals surface area contributed by atoms with Gasteiger partial charge in [0, 0.05) is 12.5 Å². The van der Waals surface area contributed by atoms with E-state index in [-0.39, 0.29) is 12.2 Å². The number of benzene rings is 1. The van der Waals surface area contributed by atoms with Gasteiger partial charge in [0.25, 0.3) is 5.91 Å². The number of carbonyl (C=O) groups is 1. The van der Waals surface area contributed by atoms with Crippen LogP contribution >= 0.6 is 0 Å². The molecule has 2 rings (SSSR count). The zero-order chi connectivity index (χ0) is 14.8. The maximum atomic E-state index is 12.1. The average molecular weight is 297 g/mol. The fourth-order valence-electron chi connectivity index (χ4n) is 1.77. The topological polar surface area (TPSA) is 101 Å². The normalized spacial score (nSPS) is 13.3. The molecule has 0 saturated carbocycles. The molecule has 1 amide bonds. The smallest absolute Gasteiger partial charge is 0.266 e. The third-order valence-electron chi connectivity index (χ3n) is 2.89. The number of nitrogens with zero attached hydrogens (tertiary/aromatic N) is 1. The van der Waals surface area contributed by atoms with Crippen molar-refractivity contribution in [3.8, 4) is 0 Å². The lowest BCUT2D eigenvalue weighted by atomic mass is 10.1. The van der Waals surface area contributed by atoms with E-state index in [9.17, 15) is 13.2 Å². The zero-order valence-electron chi connectivity index (χ0n) is 11.1. The standard InChI is InChI=1S/C12H15N3O4S/c1-8(7-19-2)20(17,18)15-12(16)10-5-3-4-9-6-13-14-11(9)10/h3-6,8H,7H2,1-2H3,(H,13,14)(H,15,16). The van der Waals surface area contributed by atoms with Gasteiger partial charge in [0.15, 0.2) is 0 Å². The number of rotatable bonds is 5. The molecule has 1 aromatic carbocycles. The van der Waals surface area contributed by atoms with Gasteiger partial charge in [0.05, 0.1) is 23.9 Å². The molecule has 0 fully saturated rings. The molecule has 7 nitrogen and oxygen atoms in total. The summed E-state index contributed by atoms with van der Waals surface area (Å²) in [5.74, 6) is -0.692. The molecule has 0 radical (unpaired) electrons. The van der Waals surface area contributed by atoms with E-state index in [0.29, 0.717) is 5.52 Å². The number of H-pyrrole nitrogens is 1. The van der Waals surface area contributed by atoms with Crippen molar-refractivity contribution in [1.82, 2.24) is 14.9 Å². The number of carbonyl (C=O) groups excluding carboxylic acids is 1. The Morgan fingerprint density at radius 2 is 2.25 bits per heavy atom. The fraction of sp³-hybridized carbons (Fsp3) is 0.333. The number of nitrogens with one attached hydrogen (secondary N) is 2. The quantitative estimate of drug-likeness (QED) is 0.844. The molecule has 0 aliphatic rings. The number of aromatic nitrogens is 2. The number of hydrogen-bond acceptors (Lipinski definition) is 5. The van der Waals surface area contributed by atoms with Crippen LogP contribution in [0.2, 0.25) is 0 Å². The van der Waals surface area contributed by atoms with Crippen LogP contribution in [0.1, 0.15) is 17.3 Å². The summed E-state index contributed by atoms with van der Waals surface area (Å²) < 4.78 is 30.7. The summed E-state index contributed by atoms with van der Waals surface area (Å²) in [5, 5.41) is 6.42. The van der Waals surface area contributed by atoms with Gasteiger partial charge in [-0.3, -0.25) is 9.89 Å². The molecule has 1 aromatic heterocycles. The van der Waals surface area contributed by atoms with E-state index in [1.165, 1.54) is 20.1 Å². The summed E-state index contributed by atoms with van der Waals surface area (Å²) in [5.41, 5.74) is 0.729. The van der Waals surface area contributed by atoms with Gasteiger partial charge in [-0.2, -0.15) is 5.10 Å². The largest absolute Gasteiger partial charge is 0.383 e. The van der Waals surface area contributed by atoms with Crippen molar-refractivity contribution in [1.29, 1.82) is 0 Å². The first-order valence-electron chi connectivity index (χ1n) is 5.92. The Bertz CT molecular complexity index is 723. The van der Waals surface area contributed by atoms with Gasteiger partial charge in [-0.25, -0.2) is 13.1 Å². The Morgan fingerprint density at radius 3 is 2.95 bits per heavy atom. The van der Waals surface area contributed by atoms with Crippen LogP contribution in [0.5, 0.6) is 0 Å². The molecular weight excluding hydrogens is 282 g/mol. The van der Waals surface area contributed by atoms with Crippen LogP contribution in [0, 0.1) is 0 Å². The molecule has 8 heteroatoms. The van der Waals surface area contributed by atoms with Gasteiger partial charge in [-0.05, 0) is 13.0 Å². The Kier molecular flexibility index (Phi) is 4.05. The second-order valence-electron chi connectivity index (χ2n) is 4.38. The van der Waals surface area contributed by atoms with Gasteiger partial charge in [0.1, 0.15) is 5.25 Å². The molecule has 0 aliphatic heterocycles. The predicted molar refractivity (Wildman–Crippen MR) is 73.8 cm³/mol. The minimum absolute atomic E-state index is 0.0108. The number of hydrogen-bond donors (Lipinski definition) is 2. The highest BCUT2D eigenvalue weighted by atomic mass is 32.2. The van der Waals surface area contributed by atoms with E-state index in [0.717, 1.165) is 5.39 Å². The van der Waals surface area contributed by atoms with Crippen molar-refractivity contribution < 1.29 is 17.9 Å². The van der Waals surface area contributed by atoms with Gasteiger partial charge in [0.2, 0.25) is 10.0 Å². The first kappa shape index (κ1) is 14.5. The van der Waals surface area contributed by atoms with E-state index in [2.05, 4.69) is 10.2 Å². The third-order valence-corrected chi connectivity index (χ3v) is 4.55. The van der Waals surface area contributed by atoms with E-state index in [1.54, 1.807) is 18.3 Å². The van der Waals surface area contributed by atoms with Crippen LogP contribution in [0.4, 0.5) is 0 Å². The lowest BCUT2D eigenvalue weighted by Gasteiger charge is -2.13. The second kappa shape index (κ2) is 5.59. The number of para-hydroxylation sites is 1. The van der Waals surface area contributed by atoms with Gasteiger partial charge >= 0.3 is 0 Å². The maximum absolute atomic E-state index is 12.1. The third kappa shape index (κ3) is 2.81. The minimum atomic E-state index is -3.78. The number of methoxy groups -OCH3 is 1. The summed E-state index contributed by atoms with van der Waals surface area (Å²) in [6.45, 7) is 1.48. The summed E-state index contributed by atoms with van der Waals surface area (Å²) in [7, 11) is -2.38. The highest BCUT2D eigenvalue weighted by Gasteiger charge is 2.24. The highest BCUT2D eigenvalue weighted by Crippen LogP contribution is 2.15. The van der Waals surface area contributed by atoms with Gasteiger partial charge in [-0.15, -0.1) is 0 Å². The molecule has 20 heavy (non-hydrogen) atoms. The number of sulfonamides is 1. The first-order valence-corrected chi connectivity index (χ1v) is 7.47. The van der Waals surface area contributed by atoms with Crippen LogP contribution in [0.3, 0.4) is 0 Å². The Hall–Kier alpha value is -1.93. The highest BCUT2D eigenvalue weighted by molar-refractivity contribution is 7.90. The molecule has 0 spiro atoms. The fourth-order valence-corrected chi connectivity index (χ4v) is 2.65. The van der Waals surface area contributed by atoms with Crippen molar-refractivity contribution in [3.63, 3.8) is 0 Å². The Labute approximate surface area is 116 Å². The van der Waals surface area contributed by atoms with Crippen LogP contribution < -0.4 is 4.72 Å². The molecule has 2 aromatic rings. The van der Waals surface area contributed by atoms with Crippen molar-refractivity contribution in [2.75, 3.05) is 13.7 Å². The van der Waals surface area contributed by atoms with E-state index >= 15 is 0 Å². The first-order chi connectivity index (χ1) is 9.45. The number of fused-ring (bicyclic) bond motifs is 1. The SMILES string of the molecule is COCC(C)S(=O)(=O)NC(=O)c1cccc2cn[nH]c12. The molecule has 0 bridgehead atoms. The van der Waals surface area contributed by atoms with Gasteiger partial charge in [-0.1, -0.05) is 12.1 Å². The second-order valence-corrected chi connectivity index (χ2v) is 6.48. The Balaban J connectivity index is 2.27. The van der Waals surface area contributed by atoms with Crippen LogP contribution in [0.25, 0.3) is 10.9 Å². The summed E-state index contributed by atoms with van der Waals surface area (Å²) in [6.07, 6.45) is 1.56. The molecule has 0 saturated heterocycles. The molecule has 0 aliphatic carbocycles. The van der Waals surface area contributed by atoms with E-state index in [4.69, 9.17) is 4.74 Å². The lowest BCUT2D eigenvalue weighted by molar-refractivity contribution is 0.0982. The molecule has 1 heterocycles. The molecule has 1 atom stereocenters. The summed E-state index contributed by atoms with van der Waals surface area (Å²) >= 11 is 0. The van der Waals surface area contributed by atoms with E-state index < -0.39 is 21.2 Å². The molecule has 1 unspecified atom stereocenters. The predicted octanol–water partition coefficient (Wildman–Crippen LogP) is 0.657. The van der Waals surface area contributed by atoms with Crippen LogP contribution in [0.15, 0.2) is 24.4 Å². The lowest BCUT2D eigenvalue weighted by Crippen LogP contribution is -2.39. The number of aromatic amines is 1. The maximum Gasteiger partial charge on any atom is 0.266 e. The Morgan fingerprint density at radius 1 is 1.50 bits per heavy atom. The summed E-state index contributed by atoms with van der Waals surface area (Å²) in [4.78, 5) is 12.1. The van der Waals surface area contributed by atoms with Crippen molar-refractivity contribution in [3.05, 3.63) is 30.0 Å². The summed E-state index contributed by atoms with van der Waals surface area (Å²) in [6, 6.07) is 4.97. The van der Waals surface area contributed by atoms with Crippen molar-refractivity contribution >= 4 is 26.8 Å². The molecule has 108 valence electrons. The number of ether oxygens (including phenoxy) is 1. The van der Waals surface area contributed by atoms with Crippen LogP contribution in [-0.2, 0) is 14.8 Å². The molecular formula is C12H15N3O4S.